The van der Waals surface area contributed by atoms with Gasteiger partial charge in [-0.05, 0) is 42.0 Å². The number of rotatable bonds is 5. The number of hydrogen-bond acceptors (Lipinski definition) is 3. The summed E-state index contributed by atoms with van der Waals surface area (Å²) >= 11 is 5.66. The van der Waals surface area contributed by atoms with E-state index in [4.69, 9.17) is 16.3 Å². The molecule has 2 aromatic rings. The number of halogens is 2. The first-order chi connectivity index (χ1) is 10.5. The Morgan fingerprint density at radius 2 is 2.09 bits per heavy atom. The fraction of sp³-hybridized carbons (Fsp3) is 0.125. The Morgan fingerprint density at radius 1 is 1.32 bits per heavy atom. The van der Waals surface area contributed by atoms with Gasteiger partial charge in [0, 0.05) is 17.0 Å². The lowest BCUT2D eigenvalue weighted by atomic mass is 10.1. The fourth-order valence-electron chi connectivity index (χ4n) is 1.91. The van der Waals surface area contributed by atoms with Gasteiger partial charge in [0.2, 0.25) is 0 Å². The van der Waals surface area contributed by atoms with E-state index in [1.165, 1.54) is 25.3 Å². The van der Waals surface area contributed by atoms with Crippen molar-refractivity contribution in [2.45, 2.75) is 6.42 Å². The molecule has 1 amide bonds. The number of benzene rings is 2. The maximum Gasteiger partial charge on any atom is 0.255 e. The van der Waals surface area contributed by atoms with E-state index >= 15 is 0 Å². The normalized spacial score (nSPS) is 10.1. The monoisotopic (exact) mass is 321 g/mol. The summed E-state index contributed by atoms with van der Waals surface area (Å²) in [5.74, 6) is -0.690. The van der Waals surface area contributed by atoms with Gasteiger partial charge in [0.15, 0.2) is 0 Å². The predicted molar refractivity (Wildman–Crippen MR) is 82.1 cm³/mol. The van der Waals surface area contributed by atoms with Crippen LogP contribution >= 0.6 is 11.6 Å². The molecule has 2 aromatic carbocycles. The molecule has 0 bridgehead atoms. The summed E-state index contributed by atoms with van der Waals surface area (Å²) in [6, 6.07) is 8.69. The molecule has 0 heterocycles. The lowest BCUT2D eigenvalue weighted by Gasteiger charge is -2.09. The number of ether oxygens (including phenoxy) is 1. The van der Waals surface area contributed by atoms with Crippen molar-refractivity contribution in [3.63, 3.8) is 0 Å². The van der Waals surface area contributed by atoms with Crippen LogP contribution in [0.3, 0.4) is 0 Å². The van der Waals surface area contributed by atoms with E-state index < -0.39 is 11.7 Å². The smallest absolute Gasteiger partial charge is 0.255 e. The van der Waals surface area contributed by atoms with Crippen molar-refractivity contribution < 1.29 is 18.7 Å². The molecule has 0 aromatic heterocycles. The van der Waals surface area contributed by atoms with E-state index in [-0.39, 0.29) is 22.7 Å². The van der Waals surface area contributed by atoms with Crippen molar-refractivity contribution in [1.29, 1.82) is 0 Å². The molecule has 0 saturated heterocycles. The summed E-state index contributed by atoms with van der Waals surface area (Å²) < 4.78 is 18.8. The van der Waals surface area contributed by atoms with Gasteiger partial charge in [-0.1, -0.05) is 11.6 Å². The third-order valence-corrected chi connectivity index (χ3v) is 3.20. The SMILES string of the molecule is COc1cc(CC=O)cc(C(=O)Nc2ccc(Cl)cc2F)c1. The Balaban J connectivity index is 2.28. The molecule has 22 heavy (non-hydrogen) atoms. The standard InChI is InChI=1S/C16H13ClFNO3/c1-22-13-7-10(4-5-20)6-11(8-13)16(21)19-15-3-2-12(17)9-14(15)18/h2-3,5-9H,4H2,1H3,(H,19,21). The Bertz CT molecular complexity index is 719. The maximum absolute atomic E-state index is 13.7. The van der Waals surface area contributed by atoms with Crippen molar-refractivity contribution in [1.82, 2.24) is 0 Å². The van der Waals surface area contributed by atoms with Gasteiger partial charge in [-0.25, -0.2) is 4.39 Å². The minimum Gasteiger partial charge on any atom is -0.497 e. The molecule has 0 aliphatic rings. The second-order valence-corrected chi connectivity index (χ2v) is 4.96. The molecule has 0 aliphatic heterocycles. The molecule has 114 valence electrons. The van der Waals surface area contributed by atoms with Crippen LogP contribution in [-0.4, -0.2) is 19.3 Å². The van der Waals surface area contributed by atoms with Crippen molar-refractivity contribution >= 4 is 29.5 Å². The lowest BCUT2D eigenvalue weighted by Crippen LogP contribution is -2.13. The minimum absolute atomic E-state index is 0.0224. The van der Waals surface area contributed by atoms with Crippen molar-refractivity contribution in [2.75, 3.05) is 12.4 Å². The summed E-state index contributed by atoms with van der Waals surface area (Å²) in [5.41, 5.74) is 0.927. The summed E-state index contributed by atoms with van der Waals surface area (Å²) in [6.07, 6.45) is 0.891. The Labute approximate surface area is 131 Å². The van der Waals surface area contributed by atoms with Crippen LogP contribution in [0.4, 0.5) is 10.1 Å². The highest BCUT2D eigenvalue weighted by Gasteiger charge is 2.12. The second kappa shape index (κ2) is 7.04. The summed E-state index contributed by atoms with van der Waals surface area (Å²) in [5, 5.41) is 2.70. The molecule has 6 heteroatoms. The average molecular weight is 322 g/mol. The van der Waals surface area contributed by atoms with Crippen LogP contribution in [0, 0.1) is 5.82 Å². The summed E-state index contributed by atoms with van der Waals surface area (Å²) in [4.78, 5) is 22.8. The summed E-state index contributed by atoms with van der Waals surface area (Å²) in [6.45, 7) is 0. The van der Waals surface area contributed by atoms with Crippen LogP contribution < -0.4 is 10.1 Å². The van der Waals surface area contributed by atoms with Gasteiger partial charge in [0.1, 0.15) is 17.9 Å². The van der Waals surface area contributed by atoms with Gasteiger partial charge in [-0.15, -0.1) is 0 Å². The zero-order valence-electron chi connectivity index (χ0n) is 11.7. The Hall–Kier alpha value is -2.40. The van der Waals surface area contributed by atoms with Gasteiger partial charge in [0.05, 0.1) is 12.8 Å². The van der Waals surface area contributed by atoms with Gasteiger partial charge in [-0.2, -0.15) is 0 Å². The quantitative estimate of drug-likeness (QED) is 0.858. The molecular formula is C16H13ClFNO3. The minimum atomic E-state index is -0.628. The third-order valence-electron chi connectivity index (χ3n) is 2.96. The number of amides is 1. The average Bonchev–Trinajstić information content (AvgIpc) is 2.50. The van der Waals surface area contributed by atoms with Gasteiger partial charge in [0.25, 0.3) is 5.91 Å². The number of carbonyl (C=O) groups is 2. The van der Waals surface area contributed by atoms with Gasteiger partial charge in [-0.3, -0.25) is 4.79 Å². The second-order valence-electron chi connectivity index (χ2n) is 4.52. The van der Waals surface area contributed by atoms with E-state index in [0.29, 0.717) is 11.3 Å². The molecule has 0 atom stereocenters. The van der Waals surface area contributed by atoms with E-state index in [9.17, 15) is 14.0 Å². The highest BCUT2D eigenvalue weighted by Crippen LogP contribution is 2.21. The van der Waals surface area contributed by atoms with Crippen LogP contribution in [0.15, 0.2) is 36.4 Å². The van der Waals surface area contributed by atoms with E-state index in [0.717, 1.165) is 12.4 Å². The molecule has 1 N–H and O–H groups in total. The first-order valence-electron chi connectivity index (χ1n) is 6.41. The van der Waals surface area contributed by atoms with Crippen LogP contribution in [0.5, 0.6) is 5.75 Å². The zero-order chi connectivity index (χ0) is 16.1. The number of anilines is 1. The first-order valence-corrected chi connectivity index (χ1v) is 6.79. The van der Waals surface area contributed by atoms with Crippen molar-refractivity contribution in [3.8, 4) is 5.75 Å². The van der Waals surface area contributed by atoms with Crippen molar-refractivity contribution in [3.05, 3.63) is 58.4 Å². The number of hydrogen-bond donors (Lipinski definition) is 1. The Morgan fingerprint density at radius 3 is 2.73 bits per heavy atom. The predicted octanol–water partition coefficient (Wildman–Crippen LogP) is 3.48. The maximum atomic E-state index is 13.7. The molecule has 4 nitrogen and oxygen atoms in total. The Kier molecular flexibility index (Phi) is 5.12. The van der Waals surface area contributed by atoms with Gasteiger partial charge >= 0.3 is 0 Å². The zero-order valence-corrected chi connectivity index (χ0v) is 12.5. The molecule has 0 unspecified atom stereocenters. The lowest BCUT2D eigenvalue weighted by molar-refractivity contribution is -0.107. The molecule has 0 aliphatic carbocycles. The number of nitrogens with one attached hydrogen (secondary N) is 1. The topological polar surface area (TPSA) is 55.4 Å². The molecule has 0 spiro atoms. The van der Waals surface area contributed by atoms with Crippen LogP contribution in [0.1, 0.15) is 15.9 Å². The van der Waals surface area contributed by atoms with Crippen LogP contribution in [0.2, 0.25) is 5.02 Å². The summed E-state index contributed by atoms with van der Waals surface area (Å²) in [7, 11) is 1.46. The first kappa shape index (κ1) is 16.0. The van der Waals surface area contributed by atoms with Gasteiger partial charge < -0.3 is 14.8 Å². The highest BCUT2D eigenvalue weighted by atomic mass is 35.5. The molecular weight excluding hydrogens is 309 g/mol. The van der Waals surface area contributed by atoms with E-state index in [1.54, 1.807) is 12.1 Å². The van der Waals surface area contributed by atoms with Crippen LogP contribution in [0.25, 0.3) is 0 Å². The fourth-order valence-corrected chi connectivity index (χ4v) is 2.07. The highest BCUT2D eigenvalue weighted by molar-refractivity contribution is 6.30. The molecule has 2 rings (SSSR count). The number of methoxy groups -OCH3 is 1. The number of carbonyl (C=O) groups excluding carboxylic acids is 2. The number of aldehydes is 1. The van der Waals surface area contributed by atoms with Crippen molar-refractivity contribution in [2.24, 2.45) is 0 Å². The molecule has 0 radical (unpaired) electrons. The van der Waals surface area contributed by atoms with E-state index in [1.807, 2.05) is 0 Å². The van der Waals surface area contributed by atoms with E-state index in [2.05, 4.69) is 5.32 Å². The van der Waals surface area contributed by atoms with Crippen LogP contribution in [-0.2, 0) is 11.2 Å². The third kappa shape index (κ3) is 3.83. The largest absolute Gasteiger partial charge is 0.497 e. The molecule has 0 saturated carbocycles. The molecule has 0 fully saturated rings.